The minimum Gasteiger partial charge on any atom is -0.450 e. The van der Waals surface area contributed by atoms with Crippen molar-refractivity contribution in [3.05, 3.63) is 6.92 Å². The van der Waals surface area contributed by atoms with Crippen LogP contribution >= 0.6 is 0 Å². The first-order chi connectivity index (χ1) is 3.77. The summed E-state index contributed by atoms with van der Waals surface area (Å²) in [6, 6.07) is 0. The van der Waals surface area contributed by atoms with E-state index in [2.05, 4.69) is 17.4 Å². The predicted molar refractivity (Wildman–Crippen MR) is 30.1 cm³/mol. The fraction of sp³-hybridized carbons (Fsp3) is 0.600. The van der Waals surface area contributed by atoms with Crippen molar-refractivity contribution in [3.63, 3.8) is 0 Å². The van der Waals surface area contributed by atoms with E-state index < -0.39 is 6.09 Å². The van der Waals surface area contributed by atoms with Gasteiger partial charge in [0.15, 0.2) is 0 Å². The molecule has 0 aromatic carbocycles. The van der Waals surface area contributed by atoms with Gasteiger partial charge < -0.3 is 10.5 Å². The molecule has 0 atom stereocenters. The molecule has 0 aliphatic heterocycles. The molecule has 0 fully saturated rings. The van der Waals surface area contributed by atoms with E-state index in [1.165, 1.54) is 0 Å². The number of primary amides is 1. The highest BCUT2D eigenvalue weighted by Gasteiger charge is 1.88. The van der Waals surface area contributed by atoms with E-state index in [0.717, 1.165) is 12.8 Å². The third kappa shape index (κ3) is 5.27. The first-order valence-corrected chi connectivity index (χ1v) is 2.49. The van der Waals surface area contributed by atoms with Crippen LogP contribution in [0, 0.1) is 6.92 Å². The second-order valence-electron chi connectivity index (χ2n) is 1.37. The average molecular weight is 116 g/mol. The Kier molecular flexibility index (Phi) is 4.03. The van der Waals surface area contributed by atoms with Crippen molar-refractivity contribution in [3.8, 4) is 0 Å². The molecule has 8 heavy (non-hydrogen) atoms. The van der Waals surface area contributed by atoms with Gasteiger partial charge in [-0.25, -0.2) is 4.79 Å². The second kappa shape index (κ2) is 4.43. The van der Waals surface area contributed by atoms with Crippen LogP contribution < -0.4 is 5.73 Å². The van der Waals surface area contributed by atoms with Crippen molar-refractivity contribution in [2.45, 2.75) is 12.8 Å². The Balaban J connectivity index is 2.82. The summed E-state index contributed by atoms with van der Waals surface area (Å²) in [5, 5.41) is 0. The van der Waals surface area contributed by atoms with Crippen LogP contribution in [0.5, 0.6) is 0 Å². The molecular formula is C5H10NO2. The lowest BCUT2D eigenvalue weighted by molar-refractivity contribution is 0.155. The summed E-state index contributed by atoms with van der Waals surface area (Å²) in [5.41, 5.74) is 4.65. The first-order valence-electron chi connectivity index (χ1n) is 2.49. The highest BCUT2D eigenvalue weighted by molar-refractivity contribution is 5.64. The number of unbranched alkanes of at least 4 members (excludes halogenated alkanes) is 1. The molecule has 0 spiro atoms. The third-order valence-corrected chi connectivity index (χ3v) is 0.639. The molecule has 3 heteroatoms. The van der Waals surface area contributed by atoms with Gasteiger partial charge in [-0.1, -0.05) is 13.3 Å². The van der Waals surface area contributed by atoms with Crippen molar-refractivity contribution in [2.75, 3.05) is 6.61 Å². The summed E-state index contributed by atoms with van der Waals surface area (Å²) in [6.45, 7) is 3.94. The van der Waals surface area contributed by atoms with Gasteiger partial charge in [0.25, 0.3) is 0 Å². The average Bonchev–Trinajstić information content (AvgIpc) is 1.66. The molecular weight excluding hydrogens is 106 g/mol. The molecule has 0 aromatic rings. The largest absolute Gasteiger partial charge is 0.450 e. The molecule has 0 heterocycles. The normalized spacial score (nSPS) is 8.62. The van der Waals surface area contributed by atoms with Crippen molar-refractivity contribution in [2.24, 2.45) is 5.73 Å². The van der Waals surface area contributed by atoms with Crippen molar-refractivity contribution >= 4 is 6.09 Å². The van der Waals surface area contributed by atoms with Gasteiger partial charge >= 0.3 is 6.09 Å². The molecule has 0 aromatic heterocycles. The standard InChI is InChI=1S/C5H10NO2/c1-2-3-4-8-5(6)7/h1-4H2,(H2,6,7). The molecule has 1 amide bonds. The van der Waals surface area contributed by atoms with E-state index in [1.807, 2.05) is 0 Å². The van der Waals surface area contributed by atoms with Crippen LogP contribution in [0.25, 0.3) is 0 Å². The Morgan fingerprint density at radius 2 is 2.38 bits per heavy atom. The molecule has 1 radical (unpaired) electrons. The Hall–Kier alpha value is -0.730. The Bertz CT molecular complexity index is 72.8. The molecule has 0 bridgehead atoms. The number of ether oxygens (including phenoxy) is 1. The van der Waals surface area contributed by atoms with Gasteiger partial charge in [-0.2, -0.15) is 0 Å². The van der Waals surface area contributed by atoms with Crippen LogP contribution in [0.4, 0.5) is 4.79 Å². The zero-order valence-corrected chi connectivity index (χ0v) is 4.72. The topological polar surface area (TPSA) is 52.3 Å². The number of hydrogen-bond donors (Lipinski definition) is 1. The Labute approximate surface area is 48.8 Å². The van der Waals surface area contributed by atoms with Gasteiger partial charge in [-0.3, -0.25) is 0 Å². The van der Waals surface area contributed by atoms with E-state index in [9.17, 15) is 4.79 Å². The van der Waals surface area contributed by atoms with Crippen molar-refractivity contribution < 1.29 is 9.53 Å². The number of nitrogens with two attached hydrogens (primary N) is 1. The monoisotopic (exact) mass is 116 g/mol. The molecule has 0 aliphatic carbocycles. The van der Waals surface area contributed by atoms with Crippen LogP contribution in [0.2, 0.25) is 0 Å². The zero-order valence-electron chi connectivity index (χ0n) is 4.72. The highest BCUT2D eigenvalue weighted by atomic mass is 16.5. The number of rotatable bonds is 3. The van der Waals surface area contributed by atoms with Gasteiger partial charge in [-0.15, -0.1) is 0 Å². The molecule has 0 rings (SSSR count). The number of carbonyl (C=O) groups excluding carboxylic acids is 1. The maximum absolute atomic E-state index is 9.85. The van der Waals surface area contributed by atoms with Gasteiger partial charge in [0.05, 0.1) is 6.61 Å². The smallest absolute Gasteiger partial charge is 0.404 e. The number of amides is 1. The number of carbonyl (C=O) groups is 1. The summed E-state index contributed by atoms with van der Waals surface area (Å²) in [7, 11) is 0. The Morgan fingerprint density at radius 3 is 2.75 bits per heavy atom. The van der Waals surface area contributed by atoms with Gasteiger partial charge in [-0.05, 0) is 6.42 Å². The molecule has 0 saturated carbocycles. The van der Waals surface area contributed by atoms with E-state index in [4.69, 9.17) is 0 Å². The van der Waals surface area contributed by atoms with E-state index in [-0.39, 0.29) is 0 Å². The quantitative estimate of drug-likeness (QED) is 0.551. The molecule has 0 aliphatic rings. The third-order valence-electron chi connectivity index (χ3n) is 0.639. The fourth-order valence-electron chi connectivity index (χ4n) is 0.275. The fourth-order valence-corrected chi connectivity index (χ4v) is 0.275. The highest BCUT2D eigenvalue weighted by Crippen LogP contribution is 1.85. The molecule has 2 N–H and O–H groups in total. The first kappa shape index (κ1) is 7.27. The molecule has 47 valence electrons. The minimum atomic E-state index is -0.710. The van der Waals surface area contributed by atoms with E-state index in [0.29, 0.717) is 6.61 Å². The minimum absolute atomic E-state index is 0.388. The van der Waals surface area contributed by atoms with Crippen LogP contribution in [-0.2, 0) is 4.74 Å². The summed E-state index contributed by atoms with van der Waals surface area (Å²) in [6.07, 6.45) is 0.842. The van der Waals surface area contributed by atoms with Crippen molar-refractivity contribution in [1.29, 1.82) is 0 Å². The Morgan fingerprint density at radius 1 is 1.75 bits per heavy atom. The van der Waals surface area contributed by atoms with E-state index >= 15 is 0 Å². The molecule has 0 saturated heterocycles. The SMILES string of the molecule is [CH2]CCCOC(N)=O. The second-order valence-corrected chi connectivity index (χ2v) is 1.37. The lowest BCUT2D eigenvalue weighted by Crippen LogP contribution is -2.13. The lowest BCUT2D eigenvalue weighted by Gasteiger charge is -1.95. The summed E-state index contributed by atoms with van der Waals surface area (Å²) in [4.78, 5) is 9.85. The van der Waals surface area contributed by atoms with Crippen LogP contribution in [0.15, 0.2) is 0 Å². The zero-order chi connectivity index (χ0) is 6.41. The summed E-state index contributed by atoms with van der Waals surface area (Å²) < 4.78 is 4.38. The lowest BCUT2D eigenvalue weighted by atomic mass is 10.4. The van der Waals surface area contributed by atoms with Gasteiger partial charge in [0.2, 0.25) is 0 Å². The molecule has 3 nitrogen and oxygen atoms in total. The summed E-state index contributed by atoms with van der Waals surface area (Å²) >= 11 is 0. The van der Waals surface area contributed by atoms with Crippen molar-refractivity contribution in [1.82, 2.24) is 0 Å². The van der Waals surface area contributed by atoms with E-state index in [1.54, 1.807) is 0 Å². The van der Waals surface area contributed by atoms with Crippen LogP contribution in [-0.4, -0.2) is 12.7 Å². The maximum Gasteiger partial charge on any atom is 0.404 e. The predicted octanol–water partition coefficient (Wildman–Crippen LogP) is 0.696. The number of hydrogen-bond acceptors (Lipinski definition) is 2. The maximum atomic E-state index is 9.85. The van der Waals surface area contributed by atoms with Gasteiger partial charge in [0, 0.05) is 0 Å². The molecule has 0 unspecified atom stereocenters. The van der Waals surface area contributed by atoms with Crippen LogP contribution in [0.3, 0.4) is 0 Å². The summed E-state index contributed by atoms with van der Waals surface area (Å²) in [5.74, 6) is 0. The van der Waals surface area contributed by atoms with Gasteiger partial charge in [0.1, 0.15) is 0 Å². The van der Waals surface area contributed by atoms with Crippen LogP contribution in [0.1, 0.15) is 12.8 Å².